The maximum atomic E-state index is 10.9. The molecule has 94 valence electrons. The van der Waals surface area contributed by atoms with Crippen molar-refractivity contribution in [3.63, 3.8) is 0 Å². The first kappa shape index (κ1) is 13.2. The third-order valence-electron chi connectivity index (χ3n) is 2.55. The summed E-state index contributed by atoms with van der Waals surface area (Å²) in [6.07, 6.45) is 2.01. The molecule has 0 bridgehead atoms. The molecule has 0 fully saturated rings. The molecule has 1 aromatic heterocycles. The fourth-order valence-electron chi connectivity index (χ4n) is 1.67. The molecule has 0 aliphatic rings. The lowest BCUT2D eigenvalue weighted by atomic mass is 10.1. The molecular weight excluding hydrogens is 316 g/mol. The Hall–Kier alpha value is -1.27. The van der Waals surface area contributed by atoms with Gasteiger partial charge in [-0.1, -0.05) is 6.07 Å². The van der Waals surface area contributed by atoms with Gasteiger partial charge in [0.15, 0.2) is 5.69 Å². The SMILES string of the molecule is CSc1ccc(-c2cc(C(=O)O)nn2C)cc1Br. The number of benzene rings is 1. The van der Waals surface area contributed by atoms with Gasteiger partial charge in [0.1, 0.15) is 0 Å². The number of aromatic nitrogens is 2. The first-order chi connectivity index (χ1) is 8.52. The molecule has 1 N–H and O–H groups in total. The van der Waals surface area contributed by atoms with Gasteiger partial charge in [-0.15, -0.1) is 11.8 Å². The Balaban J connectivity index is 2.48. The van der Waals surface area contributed by atoms with Crippen molar-refractivity contribution in [3.05, 3.63) is 34.4 Å². The Labute approximate surface area is 117 Å². The maximum absolute atomic E-state index is 10.9. The summed E-state index contributed by atoms with van der Waals surface area (Å²) in [4.78, 5) is 12.0. The third kappa shape index (κ3) is 2.44. The van der Waals surface area contributed by atoms with Gasteiger partial charge < -0.3 is 5.11 Å². The first-order valence-electron chi connectivity index (χ1n) is 5.14. The van der Waals surface area contributed by atoms with Crippen LogP contribution < -0.4 is 0 Å². The number of carbonyl (C=O) groups is 1. The van der Waals surface area contributed by atoms with E-state index >= 15 is 0 Å². The highest BCUT2D eigenvalue weighted by Gasteiger charge is 2.13. The largest absolute Gasteiger partial charge is 0.476 e. The highest BCUT2D eigenvalue weighted by molar-refractivity contribution is 9.10. The van der Waals surface area contributed by atoms with Crippen LogP contribution in [0.3, 0.4) is 0 Å². The minimum atomic E-state index is -1.02. The summed E-state index contributed by atoms with van der Waals surface area (Å²) in [6.45, 7) is 0. The molecular formula is C12H11BrN2O2S. The second-order valence-electron chi connectivity index (χ2n) is 3.69. The van der Waals surface area contributed by atoms with Crippen molar-refractivity contribution in [2.75, 3.05) is 6.26 Å². The second-order valence-corrected chi connectivity index (χ2v) is 5.40. The van der Waals surface area contributed by atoms with Gasteiger partial charge in [0.25, 0.3) is 0 Å². The molecule has 0 atom stereocenters. The van der Waals surface area contributed by atoms with Crippen LogP contribution in [0.25, 0.3) is 11.3 Å². The number of aryl methyl sites for hydroxylation is 1. The zero-order valence-electron chi connectivity index (χ0n) is 9.85. The van der Waals surface area contributed by atoms with Crippen molar-refractivity contribution in [2.45, 2.75) is 4.90 Å². The highest BCUT2D eigenvalue weighted by atomic mass is 79.9. The highest BCUT2D eigenvalue weighted by Crippen LogP contribution is 2.30. The average Bonchev–Trinajstić information content (AvgIpc) is 2.71. The van der Waals surface area contributed by atoms with E-state index in [1.54, 1.807) is 29.6 Å². The predicted octanol–water partition coefficient (Wildman–Crippen LogP) is 3.27. The summed E-state index contributed by atoms with van der Waals surface area (Å²) in [5.74, 6) is -1.02. The van der Waals surface area contributed by atoms with Gasteiger partial charge in [-0.25, -0.2) is 4.79 Å². The van der Waals surface area contributed by atoms with Crippen LogP contribution in [0.4, 0.5) is 0 Å². The molecule has 0 spiro atoms. The molecule has 18 heavy (non-hydrogen) atoms. The van der Waals surface area contributed by atoms with E-state index in [2.05, 4.69) is 21.0 Å². The van der Waals surface area contributed by atoms with Crippen molar-refractivity contribution in [1.82, 2.24) is 9.78 Å². The van der Waals surface area contributed by atoms with Crippen LogP contribution in [0, 0.1) is 0 Å². The number of aromatic carboxylic acids is 1. The van der Waals surface area contributed by atoms with Crippen LogP contribution >= 0.6 is 27.7 Å². The Morgan fingerprint density at radius 3 is 2.67 bits per heavy atom. The van der Waals surface area contributed by atoms with Gasteiger partial charge in [-0.3, -0.25) is 4.68 Å². The van der Waals surface area contributed by atoms with Crippen LogP contribution in [0.15, 0.2) is 33.6 Å². The molecule has 1 aromatic carbocycles. The van der Waals surface area contributed by atoms with Gasteiger partial charge in [-0.05, 0) is 40.4 Å². The van der Waals surface area contributed by atoms with Crippen molar-refractivity contribution in [2.24, 2.45) is 7.05 Å². The van der Waals surface area contributed by atoms with Crippen molar-refractivity contribution in [3.8, 4) is 11.3 Å². The lowest BCUT2D eigenvalue weighted by Crippen LogP contribution is -1.99. The second kappa shape index (κ2) is 5.16. The van der Waals surface area contributed by atoms with Crippen molar-refractivity contribution in [1.29, 1.82) is 0 Å². The zero-order chi connectivity index (χ0) is 13.3. The smallest absolute Gasteiger partial charge is 0.356 e. The van der Waals surface area contributed by atoms with E-state index in [0.29, 0.717) is 0 Å². The lowest BCUT2D eigenvalue weighted by molar-refractivity contribution is 0.0689. The molecule has 6 heteroatoms. The van der Waals surface area contributed by atoms with Gasteiger partial charge in [0.05, 0.1) is 5.69 Å². The molecule has 0 radical (unpaired) electrons. The summed E-state index contributed by atoms with van der Waals surface area (Å²) in [7, 11) is 1.73. The number of halogens is 1. The molecule has 4 nitrogen and oxygen atoms in total. The third-order valence-corrected chi connectivity index (χ3v) is 4.26. The average molecular weight is 327 g/mol. The zero-order valence-corrected chi connectivity index (χ0v) is 12.2. The normalized spacial score (nSPS) is 10.6. The Morgan fingerprint density at radius 2 is 2.17 bits per heavy atom. The van der Waals surface area contributed by atoms with E-state index in [4.69, 9.17) is 5.11 Å². The number of rotatable bonds is 3. The molecule has 0 saturated carbocycles. The van der Waals surface area contributed by atoms with Crippen molar-refractivity contribution >= 4 is 33.7 Å². The minimum absolute atomic E-state index is 0.0533. The van der Waals surface area contributed by atoms with Gasteiger partial charge >= 0.3 is 5.97 Å². The topological polar surface area (TPSA) is 55.1 Å². The predicted molar refractivity (Wildman–Crippen MR) is 75.1 cm³/mol. The molecule has 2 rings (SSSR count). The van der Waals surface area contributed by atoms with E-state index in [1.165, 1.54) is 0 Å². The number of carboxylic acid groups (broad SMARTS) is 1. The molecule has 1 heterocycles. The first-order valence-corrected chi connectivity index (χ1v) is 7.16. The van der Waals surface area contributed by atoms with Crippen LogP contribution in [0.1, 0.15) is 10.5 Å². The van der Waals surface area contributed by atoms with E-state index < -0.39 is 5.97 Å². The van der Waals surface area contributed by atoms with E-state index in [-0.39, 0.29) is 5.69 Å². The minimum Gasteiger partial charge on any atom is -0.476 e. The fourth-order valence-corrected chi connectivity index (χ4v) is 2.99. The Kier molecular flexibility index (Phi) is 3.77. The molecule has 0 unspecified atom stereocenters. The van der Waals surface area contributed by atoms with Crippen LogP contribution in [-0.2, 0) is 7.05 Å². The van der Waals surface area contributed by atoms with E-state index in [9.17, 15) is 4.79 Å². The fraction of sp³-hybridized carbons (Fsp3) is 0.167. The summed E-state index contributed by atoms with van der Waals surface area (Å²) in [6, 6.07) is 7.49. The molecule has 0 aliphatic carbocycles. The standard InChI is InChI=1S/C12H11BrN2O2S/c1-15-10(6-9(14-15)12(16)17)7-3-4-11(18-2)8(13)5-7/h3-6H,1-2H3,(H,16,17). The number of carboxylic acids is 1. The van der Waals surface area contributed by atoms with E-state index in [0.717, 1.165) is 20.6 Å². The van der Waals surface area contributed by atoms with Crippen LogP contribution in [0.5, 0.6) is 0 Å². The number of hydrogen-bond donors (Lipinski definition) is 1. The monoisotopic (exact) mass is 326 g/mol. The van der Waals surface area contributed by atoms with Gasteiger partial charge in [0, 0.05) is 22.0 Å². The summed E-state index contributed by atoms with van der Waals surface area (Å²) >= 11 is 5.15. The molecule has 0 aliphatic heterocycles. The Bertz CT molecular complexity index is 610. The molecule has 0 saturated heterocycles. The molecule has 2 aromatic rings. The Morgan fingerprint density at radius 1 is 1.44 bits per heavy atom. The van der Waals surface area contributed by atoms with Gasteiger partial charge in [0.2, 0.25) is 0 Å². The number of hydrogen-bond acceptors (Lipinski definition) is 3. The van der Waals surface area contributed by atoms with Crippen LogP contribution in [0.2, 0.25) is 0 Å². The van der Waals surface area contributed by atoms with E-state index in [1.807, 2.05) is 24.5 Å². The lowest BCUT2D eigenvalue weighted by Gasteiger charge is -2.05. The molecule has 0 amide bonds. The summed E-state index contributed by atoms with van der Waals surface area (Å²) in [5, 5.41) is 12.9. The van der Waals surface area contributed by atoms with Crippen LogP contribution in [-0.4, -0.2) is 27.1 Å². The van der Waals surface area contributed by atoms with Crippen molar-refractivity contribution < 1.29 is 9.90 Å². The number of nitrogens with zero attached hydrogens (tertiary/aromatic N) is 2. The number of thioether (sulfide) groups is 1. The summed E-state index contributed by atoms with van der Waals surface area (Å²) in [5.41, 5.74) is 1.76. The summed E-state index contributed by atoms with van der Waals surface area (Å²) < 4.78 is 2.56. The quantitative estimate of drug-likeness (QED) is 0.879. The maximum Gasteiger partial charge on any atom is 0.356 e. The van der Waals surface area contributed by atoms with Gasteiger partial charge in [-0.2, -0.15) is 5.10 Å².